The van der Waals surface area contributed by atoms with Crippen LogP contribution in [0.15, 0.2) is 92.4 Å². The van der Waals surface area contributed by atoms with Gasteiger partial charge in [-0.2, -0.15) is 0 Å². The Kier molecular flexibility index (Phi) is 6.27. The highest BCUT2D eigenvalue weighted by Gasteiger charge is 2.67. The van der Waals surface area contributed by atoms with Crippen molar-refractivity contribution in [2.24, 2.45) is 10.8 Å². The van der Waals surface area contributed by atoms with E-state index in [1.165, 1.54) is 0 Å². The first-order chi connectivity index (χ1) is 16.2. The third kappa shape index (κ3) is 3.46. The molecule has 3 aliphatic carbocycles. The van der Waals surface area contributed by atoms with Crippen molar-refractivity contribution in [2.45, 2.75) is 58.0 Å². The quantitative estimate of drug-likeness (QED) is 0.360. The SMILES string of the molecule is O=S(=O)(C1=C[C@]23CCCCCCC2(C=C(S(=O)(=O)c2ccccc2)C3Br)C1Br)c1ccccc1. The first kappa shape index (κ1) is 24.5. The fraction of sp³-hybridized carbons (Fsp3) is 0.385. The van der Waals surface area contributed by atoms with Crippen molar-refractivity contribution in [3.8, 4) is 0 Å². The Morgan fingerprint density at radius 3 is 1.29 bits per heavy atom. The van der Waals surface area contributed by atoms with Gasteiger partial charge in [0.25, 0.3) is 0 Å². The summed E-state index contributed by atoms with van der Waals surface area (Å²) < 4.78 is 55.0. The van der Waals surface area contributed by atoms with Crippen LogP contribution in [0, 0.1) is 10.8 Å². The van der Waals surface area contributed by atoms with Gasteiger partial charge in [-0.25, -0.2) is 16.8 Å². The molecule has 0 bridgehead atoms. The number of sulfone groups is 2. The van der Waals surface area contributed by atoms with E-state index in [9.17, 15) is 16.8 Å². The Morgan fingerprint density at radius 2 is 0.941 bits per heavy atom. The van der Waals surface area contributed by atoms with Gasteiger partial charge in [-0.05, 0) is 37.1 Å². The lowest BCUT2D eigenvalue weighted by Gasteiger charge is -2.45. The number of hydrogen-bond donors (Lipinski definition) is 0. The summed E-state index contributed by atoms with van der Waals surface area (Å²) in [7, 11) is -7.47. The zero-order valence-electron chi connectivity index (χ0n) is 18.5. The fourth-order valence-corrected chi connectivity index (χ4v) is 12.6. The molecule has 0 amide bonds. The molecule has 8 heteroatoms. The third-order valence-electron chi connectivity index (χ3n) is 7.73. The molecule has 0 aliphatic heterocycles. The molecule has 3 unspecified atom stereocenters. The van der Waals surface area contributed by atoms with Gasteiger partial charge < -0.3 is 0 Å². The third-order valence-corrected chi connectivity index (χ3v) is 14.7. The summed E-state index contributed by atoms with van der Waals surface area (Å²) in [6, 6.07) is 17.0. The van der Waals surface area contributed by atoms with Gasteiger partial charge in [-0.1, -0.05) is 106 Å². The number of benzene rings is 2. The Balaban J connectivity index is 1.69. The van der Waals surface area contributed by atoms with E-state index in [1.807, 2.05) is 12.2 Å². The van der Waals surface area contributed by atoms with E-state index in [-0.39, 0.29) is 9.79 Å². The van der Waals surface area contributed by atoms with Crippen molar-refractivity contribution in [1.82, 2.24) is 0 Å². The minimum absolute atomic E-state index is 0.262. The Bertz CT molecular complexity index is 1260. The second kappa shape index (κ2) is 8.71. The molecule has 180 valence electrons. The highest BCUT2D eigenvalue weighted by molar-refractivity contribution is 9.10. The molecule has 1 fully saturated rings. The maximum atomic E-state index is 13.7. The molecule has 0 radical (unpaired) electrons. The van der Waals surface area contributed by atoms with Crippen LogP contribution in [-0.4, -0.2) is 26.5 Å². The lowest BCUT2D eigenvalue weighted by Crippen LogP contribution is -2.44. The van der Waals surface area contributed by atoms with Crippen molar-refractivity contribution < 1.29 is 16.8 Å². The van der Waals surface area contributed by atoms with Gasteiger partial charge in [0.05, 0.1) is 29.3 Å². The van der Waals surface area contributed by atoms with E-state index >= 15 is 0 Å². The van der Waals surface area contributed by atoms with Crippen molar-refractivity contribution in [3.63, 3.8) is 0 Å². The molecule has 0 heterocycles. The standard InChI is InChI=1S/C26H26Br2O4S2/c27-23-22(34(31,32)20-13-7-4-8-14-20)18-26-16-10-2-1-9-15-25(23,26)17-21(24(26)28)33(29,30)19-11-5-3-6-12-19/h3-8,11-14,17-18,23-24H,1-2,9-10,15-16H2/t23?,24?,25-,26?/m0/s1. The Morgan fingerprint density at radius 1 is 0.588 bits per heavy atom. The molecule has 5 rings (SSSR count). The fourth-order valence-electron chi connectivity index (χ4n) is 6.00. The molecule has 34 heavy (non-hydrogen) atoms. The molecule has 1 saturated carbocycles. The molecule has 0 N–H and O–H groups in total. The molecule has 2 aromatic rings. The van der Waals surface area contributed by atoms with E-state index in [0.717, 1.165) is 38.5 Å². The van der Waals surface area contributed by atoms with Crippen LogP contribution in [0.1, 0.15) is 38.5 Å². The van der Waals surface area contributed by atoms with E-state index in [4.69, 9.17) is 0 Å². The molecule has 0 aromatic heterocycles. The number of allylic oxidation sites excluding steroid dienone is 4. The first-order valence-electron chi connectivity index (χ1n) is 11.5. The van der Waals surface area contributed by atoms with Gasteiger partial charge in [0, 0.05) is 10.8 Å². The summed E-state index contributed by atoms with van der Waals surface area (Å²) >= 11 is 7.61. The zero-order chi connectivity index (χ0) is 24.2. The molecule has 2 aromatic carbocycles. The van der Waals surface area contributed by atoms with Crippen LogP contribution in [0.25, 0.3) is 0 Å². The predicted octanol–water partition coefficient (Wildman–Crippen LogP) is 6.58. The van der Waals surface area contributed by atoms with E-state index in [2.05, 4.69) is 31.9 Å². The molecule has 4 atom stereocenters. The van der Waals surface area contributed by atoms with Crippen LogP contribution in [0.2, 0.25) is 0 Å². The summed E-state index contributed by atoms with van der Waals surface area (Å²) in [6.45, 7) is 0. The molecule has 4 nitrogen and oxygen atoms in total. The minimum Gasteiger partial charge on any atom is -0.219 e. The zero-order valence-corrected chi connectivity index (χ0v) is 23.3. The topological polar surface area (TPSA) is 68.3 Å². The normalized spacial score (nSPS) is 31.6. The van der Waals surface area contributed by atoms with Gasteiger partial charge >= 0.3 is 0 Å². The summed E-state index contributed by atoms with van der Waals surface area (Å²) in [5, 5.41) is 0. The van der Waals surface area contributed by atoms with E-state index < -0.39 is 40.2 Å². The van der Waals surface area contributed by atoms with Crippen LogP contribution in [-0.2, 0) is 19.7 Å². The smallest absolute Gasteiger partial charge is 0.203 e. The van der Waals surface area contributed by atoms with Crippen molar-refractivity contribution in [3.05, 3.63) is 82.6 Å². The van der Waals surface area contributed by atoms with E-state index in [0.29, 0.717) is 9.81 Å². The first-order valence-corrected chi connectivity index (χ1v) is 16.3. The summed E-state index contributed by atoms with van der Waals surface area (Å²) in [5.41, 5.74) is -1.29. The van der Waals surface area contributed by atoms with Crippen LogP contribution in [0.4, 0.5) is 0 Å². The van der Waals surface area contributed by atoms with Crippen LogP contribution < -0.4 is 0 Å². The van der Waals surface area contributed by atoms with Crippen molar-refractivity contribution in [2.75, 3.05) is 0 Å². The summed E-state index contributed by atoms with van der Waals surface area (Å²) in [4.78, 5) is 0.199. The Labute approximate surface area is 218 Å². The second-order valence-electron chi connectivity index (χ2n) is 9.45. The number of alkyl halides is 2. The predicted molar refractivity (Wildman–Crippen MR) is 141 cm³/mol. The Hall–Kier alpha value is -1.22. The number of rotatable bonds is 4. The average Bonchev–Trinajstić information content (AvgIpc) is 3.21. The second-order valence-corrected chi connectivity index (χ2v) is 15.2. The van der Waals surface area contributed by atoms with Gasteiger partial charge in [0.2, 0.25) is 19.7 Å². The maximum Gasteiger partial charge on any atom is 0.203 e. The van der Waals surface area contributed by atoms with Crippen LogP contribution in [0.3, 0.4) is 0 Å². The average molecular weight is 626 g/mol. The maximum absolute atomic E-state index is 13.7. The minimum atomic E-state index is -3.74. The van der Waals surface area contributed by atoms with Crippen molar-refractivity contribution in [1.29, 1.82) is 0 Å². The van der Waals surface area contributed by atoms with E-state index in [1.54, 1.807) is 60.7 Å². The van der Waals surface area contributed by atoms with Gasteiger partial charge in [0.15, 0.2) is 0 Å². The highest BCUT2D eigenvalue weighted by Crippen LogP contribution is 2.70. The molecule has 3 aliphatic rings. The van der Waals surface area contributed by atoms with Crippen molar-refractivity contribution >= 4 is 51.5 Å². The monoisotopic (exact) mass is 624 g/mol. The molecular formula is C26H26Br2O4S2. The highest BCUT2D eigenvalue weighted by atomic mass is 79.9. The lowest BCUT2D eigenvalue weighted by molar-refractivity contribution is 0.145. The lowest BCUT2D eigenvalue weighted by atomic mass is 9.61. The molecule has 0 spiro atoms. The molecular weight excluding hydrogens is 600 g/mol. The number of halogens is 2. The summed E-state index contributed by atoms with van der Waals surface area (Å²) in [5.74, 6) is 0. The van der Waals surface area contributed by atoms with Gasteiger partial charge in [-0.3, -0.25) is 0 Å². The number of hydrogen-bond acceptors (Lipinski definition) is 4. The molecule has 0 saturated heterocycles. The van der Waals surface area contributed by atoms with Crippen LogP contribution in [0.5, 0.6) is 0 Å². The largest absolute Gasteiger partial charge is 0.219 e. The van der Waals surface area contributed by atoms with Gasteiger partial charge in [-0.15, -0.1) is 0 Å². The van der Waals surface area contributed by atoms with Crippen LogP contribution >= 0.6 is 31.9 Å². The summed E-state index contributed by atoms with van der Waals surface area (Å²) in [6.07, 6.45) is 9.19. The van der Waals surface area contributed by atoms with Gasteiger partial charge in [0.1, 0.15) is 0 Å².